The van der Waals surface area contributed by atoms with Gasteiger partial charge < -0.3 is 10.1 Å². The molecule has 1 heterocycles. The van der Waals surface area contributed by atoms with E-state index in [9.17, 15) is 0 Å². The second kappa shape index (κ2) is 6.91. The van der Waals surface area contributed by atoms with E-state index in [4.69, 9.17) is 4.74 Å². The Hall–Kier alpha value is -0.900. The quantitative estimate of drug-likeness (QED) is 0.871. The molecule has 0 amide bonds. The van der Waals surface area contributed by atoms with Gasteiger partial charge in [0.25, 0.3) is 0 Å². The number of nitrogens with one attached hydrogen (secondary N) is 1. The van der Waals surface area contributed by atoms with Gasteiger partial charge in [-0.25, -0.2) is 0 Å². The van der Waals surface area contributed by atoms with E-state index >= 15 is 0 Å². The lowest BCUT2D eigenvalue weighted by molar-refractivity contribution is 0.112. The highest BCUT2D eigenvalue weighted by molar-refractivity contribution is 5.37. The average Bonchev–Trinajstić information content (AvgIpc) is 3.12. The summed E-state index contributed by atoms with van der Waals surface area (Å²) in [5.41, 5.74) is 4.49. The summed E-state index contributed by atoms with van der Waals surface area (Å²) >= 11 is 0. The minimum Gasteiger partial charge on any atom is -0.383 e. The molecule has 1 aromatic carbocycles. The van der Waals surface area contributed by atoms with Crippen molar-refractivity contribution in [2.45, 2.75) is 44.7 Å². The maximum Gasteiger partial charge on any atom is 0.0589 e. The largest absolute Gasteiger partial charge is 0.383 e. The van der Waals surface area contributed by atoms with Crippen LogP contribution in [0.25, 0.3) is 0 Å². The van der Waals surface area contributed by atoms with Crippen molar-refractivity contribution in [2.75, 3.05) is 33.4 Å². The molecule has 1 aromatic rings. The average molecular weight is 288 g/mol. The van der Waals surface area contributed by atoms with E-state index in [-0.39, 0.29) is 0 Å². The molecule has 116 valence electrons. The molecule has 0 bridgehead atoms. The summed E-state index contributed by atoms with van der Waals surface area (Å²) in [6.45, 7) is 6.40. The van der Waals surface area contributed by atoms with Crippen LogP contribution >= 0.6 is 0 Å². The van der Waals surface area contributed by atoms with Crippen LogP contribution in [0.1, 0.15) is 42.0 Å². The summed E-state index contributed by atoms with van der Waals surface area (Å²) in [7, 11) is 1.80. The van der Waals surface area contributed by atoms with Gasteiger partial charge in [-0.2, -0.15) is 0 Å². The van der Waals surface area contributed by atoms with Gasteiger partial charge in [0.2, 0.25) is 0 Å². The van der Waals surface area contributed by atoms with Crippen LogP contribution in [0.4, 0.5) is 0 Å². The monoisotopic (exact) mass is 288 g/mol. The minimum atomic E-state index is 0.581. The zero-order chi connectivity index (χ0) is 14.7. The molecule has 1 aliphatic heterocycles. The molecule has 0 saturated carbocycles. The first kappa shape index (κ1) is 15.0. The summed E-state index contributed by atoms with van der Waals surface area (Å²) in [5.74, 6) is 0. The van der Waals surface area contributed by atoms with Crippen LogP contribution in [-0.4, -0.2) is 44.3 Å². The predicted molar refractivity (Wildman–Crippen MR) is 86.7 cm³/mol. The molecule has 2 atom stereocenters. The maximum atomic E-state index is 5.35. The Kier molecular flexibility index (Phi) is 4.94. The molecule has 0 radical (unpaired) electrons. The summed E-state index contributed by atoms with van der Waals surface area (Å²) in [4.78, 5) is 2.65. The smallest absolute Gasteiger partial charge is 0.0589 e. The number of hydrogen-bond acceptors (Lipinski definition) is 3. The van der Waals surface area contributed by atoms with Gasteiger partial charge in [0.05, 0.1) is 6.61 Å². The van der Waals surface area contributed by atoms with E-state index in [1.54, 1.807) is 18.2 Å². The number of methoxy groups -OCH3 is 1. The molecule has 21 heavy (non-hydrogen) atoms. The van der Waals surface area contributed by atoms with E-state index in [0.717, 1.165) is 19.7 Å². The van der Waals surface area contributed by atoms with Gasteiger partial charge in [-0.05, 0) is 50.3 Å². The van der Waals surface area contributed by atoms with E-state index < -0.39 is 0 Å². The third-order valence-electron chi connectivity index (χ3n) is 4.99. The fourth-order valence-corrected chi connectivity index (χ4v) is 3.86. The van der Waals surface area contributed by atoms with Crippen molar-refractivity contribution >= 4 is 0 Å². The lowest BCUT2D eigenvalue weighted by Crippen LogP contribution is -2.40. The number of aryl methyl sites for hydroxylation is 2. The Labute approximate surface area is 128 Å². The van der Waals surface area contributed by atoms with E-state index in [1.165, 1.54) is 37.8 Å². The number of rotatable bonds is 6. The highest BCUT2D eigenvalue weighted by Gasteiger charge is 2.29. The fourth-order valence-electron chi connectivity index (χ4n) is 3.86. The van der Waals surface area contributed by atoms with Crippen LogP contribution in [0.5, 0.6) is 0 Å². The molecular formula is C18H28N2O. The number of fused-ring (bicyclic) bond motifs is 1. The number of benzene rings is 1. The maximum absolute atomic E-state index is 5.35. The number of ether oxygens (including phenoxy) is 1. The number of hydrogen-bond donors (Lipinski definition) is 1. The lowest BCUT2D eigenvalue weighted by Gasteiger charge is -2.32. The molecule has 1 fully saturated rings. The molecule has 1 saturated heterocycles. The van der Waals surface area contributed by atoms with Gasteiger partial charge in [-0.3, -0.25) is 4.90 Å². The highest BCUT2D eigenvalue weighted by atomic mass is 16.5. The molecule has 3 heteroatoms. The topological polar surface area (TPSA) is 24.5 Å². The summed E-state index contributed by atoms with van der Waals surface area (Å²) in [6, 6.07) is 8.22. The summed E-state index contributed by atoms with van der Waals surface area (Å²) in [6.07, 6.45) is 5.12. The van der Waals surface area contributed by atoms with Crippen LogP contribution in [0.15, 0.2) is 18.2 Å². The third kappa shape index (κ3) is 3.47. The summed E-state index contributed by atoms with van der Waals surface area (Å²) < 4.78 is 5.35. The minimum absolute atomic E-state index is 0.581. The van der Waals surface area contributed by atoms with Crippen molar-refractivity contribution in [3.8, 4) is 0 Å². The van der Waals surface area contributed by atoms with Crippen molar-refractivity contribution in [1.82, 2.24) is 10.2 Å². The first-order valence-corrected chi connectivity index (χ1v) is 8.33. The summed E-state index contributed by atoms with van der Waals surface area (Å²) in [5, 5.41) is 3.64. The Morgan fingerprint density at radius 2 is 2.24 bits per heavy atom. The fraction of sp³-hybridized carbons (Fsp3) is 0.667. The molecule has 3 rings (SSSR count). The van der Waals surface area contributed by atoms with Gasteiger partial charge in [0, 0.05) is 32.3 Å². The zero-order valence-corrected chi connectivity index (χ0v) is 13.4. The SMILES string of the molecule is COCCN(CC1CCCN1)C1CCc2ccc(C)cc21. The molecule has 1 aliphatic carbocycles. The molecular weight excluding hydrogens is 260 g/mol. The zero-order valence-electron chi connectivity index (χ0n) is 13.4. The van der Waals surface area contributed by atoms with Crippen molar-refractivity contribution < 1.29 is 4.74 Å². The Morgan fingerprint density at radius 3 is 3.00 bits per heavy atom. The van der Waals surface area contributed by atoms with Gasteiger partial charge in [-0.15, -0.1) is 0 Å². The highest BCUT2D eigenvalue weighted by Crippen LogP contribution is 2.36. The van der Waals surface area contributed by atoms with Crippen LogP contribution in [0, 0.1) is 6.92 Å². The molecule has 3 nitrogen and oxygen atoms in total. The Morgan fingerprint density at radius 1 is 1.33 bits per heavy atom. The standard InChI is InChI=1S/C18H28N2O/c1-14-5-6-15-7-8-18(17(15)12-14)20(10-11-21-2)13-16-4-3-9-19-16/h5-6,12,16,18-19H,3-4,7-11,13H2,1-2H3. The van der Waals surface area contributed by atoms with Gasteiger partial charge in [0.1, 0.15) is 0 Å². The second-order valence-electron chi connectivity index (χ2n) is 6.54. The van der Waals surface area contributed by atoms with Crippen LogP contribution in [0.3, 0.4) is 0 Å². The molecule has 0 spiro atoms. The molecule has 1 N–H and O–H groups in total. The van der Waals surface area contributed by atoms with Gasteiger partial charge in [-0.1, -0.05) is 23.8 Å². The van der Waals surface area contributed by atoms with E-state index in [1.807, 2.05) is 0 Å². The third-order valence-corrected chi connectivity index (χ3v) is 4.99. The van der Waals surface area contributed by atoms with Crippen LogP contribution < -0.4 is 5.32 Å². The van der Waals surface area contributed by atoms with Crippen molar-refractivity contribution in [3.63, 3.8) is 0 Å². The Balaban J connectivity index is 1.75. The first-order valence-electron chi connectivity index (χ1n) is 8.33. The van der Waals surface area contributed by atoms with Crippen molar-refractivity contribution in [3.05, 3.63) is 34.9 Å². The molecule has 2 unspecified atom stereocenters. The van der Waals surface area contributed by atoms with Crippen LogP contribution in [-0.2, 0) is 11.2 Å². The van der Waals surface area contributed by atoms with E-state index in [0.29, 0.717) is 12.1 Å². The predicted octanol–water partition coefficient (Wildman–Crippen LogP) is 2.68. The van der Waals surface area contributed by atoms with Crippen molar-refractivity contribution in [2.24, 2.45) is 0 Å². The van der Waals surface area contributed by atoms with Crippen LogP contribution in [0.2, 0.25) is 0 Å². The molecule has 0 aromatic heterocycles. The van der Waals surface area contributed by atoms with E-state index in [2.05, 4.69) is 35.3 Å². The molecule has 2 aliphatic rings. The van der Waals surface area contributed by atoms with Gasteiger partial charge in [0.15, 0.2) is 0 Å². The first-order chi connectivity index (χ1) is 10.3. The second-order valence-corrected chi connectivity index (χ2v) is 6.54. The van der Waals surface area contributed by atoms with Gasteiger partial charge >= 0.3 is 0 Å². The van der Waals surface area contributed by atoms with Crippen molar-refractivity contribution in [1.29, 1.82) is 0 Å². The normalized spacial score (nSPS) is 24.7. The Bertz CT molecular complexity index is 468. The number of nitrogens with zero attached hydrogens (tertiary/aromatic N) is 1. The lowest BCUT2D eigenvalue weighted by atomic mass is 10.0.